The van der Waals surface area contributed by atoms with Gasteiger partial charge in [0.25, 0.3) is 0 Å². The van der Waals surface area contributed by atoms with Gasteiger partial charge in [0.2, 0.25) is 30.1 Å². The van der Waals surface area contributed by atoms with Crippen LogP contribution >= 0.6 is 0 Å². The molecule has 0 spiro atoms. The molecular formula is C27H37N3Na2O6S3. The summed E-state index contributed by atoms with van der Waals surface area (Å²) < 4.78 is 83.3. The maximum atomic E-state index is 13.4. The van der Waals surface area contributed by atoms with E-state index in [1.54, 1.807) is 36.4 Å². The van der Waals surface area contributed by atoms with E-state index in [0.717, 1.165) is 16.7 Å². The SMILES string of the molecule is Cc1ccc(S(=O)(=O)NCCCN(CCCNS(=O)(=O)c2ccc(C)cc2)S(=O)(=O)c2ccc(C)cc2)cc1.[NaH].[NaH]. The Morgan fingerprint density at radius 1 is 0.512 bits per heavy atom. The zero-order valence-corrected chi connectivity index (χ0v) is 24.7. The summed E-state index contributed by atoms with van der Waals surface area (Å²) in [5.74, 6) is 0. The van der Waals surface area contributed by atoms with E-state index in [4.69, 9.17) is 0 Å². The van der Waals surface area contributed by atoms with Gasteiger partial charge >= 0.3 is 59.1 Å². The van der Waals surface area contributed by atoms with Gasteiger partial charge < -0.3 is 0 Å². The van der Waals surface area contributed by atoms with Crippen molar-refractivity contribution in [1.82, 2.24) is 13.7 Å². The van der Waals surface area contributed by atoms with Crippen LogP contribution in [0.4, 0.5) is 0 Å². The number of benzene rings is 3. The van der Waals surface area contributed by atoms with Crippen molar-refractivity contribution >= 4 is 89.2 Å². The zero-order valence-electron chi connectivity index (χ0n) is 22.3. The first-order valence-electron chi connectivity index (χ1n) is 12.5. The quantitative estimate of drug-likeness (QED) is 0.205. The average Bonchev–Trinajstić information content (AvgIpc) is 2.88. The van der Waals surface area contributed by atoms with E-state index < -0.39 is 30.1 Å². The summed E-state index contributed by atoms with van der Waals surface area (Å²) in [5.41, 5.74) is 2.79. The molecule has 0 saturated carbocycles. The minimum atomic E-state index is -3.88. The van der Waals surface area contributed by atoms with Crippen LogP contribution in [0, 0.1) is 20.8 Å². The van der Waals surface area contributed by atoms with Gasteiger partial charge in [-0.3, -0.25) is 0 Å². The molecule has 0 unspecified atom stereocenters. The fourth-order valence-electron chi connectivity index (χ4n) is 3.74. The molecule has 0 saturated heterocycles. The van der Waals surface area contributed by atoms with Crippen molar-refractivity contribution in [2.75, 3.05) is 26.2 Å². The van der Waals surface area contributed by atoms with Crippen LogP contribution in [0.3, 0.4) is 0 Å². The molecule has 0 amide bonds. The molecule has 0 heterocycles. The number of hydrogen-bond acceptors (Lipinski definition) is 6. The van der Waals surface area contributed by atoms with Crippen molar-refractivity contribution in [2.45, 2.75) is 48.3 Å². The van der Waals surface area contributed by atoms with Crippen LogP contribution in [0.15, 0.2) is 87.5 Å². The molecule has 0 aliphatic carbocycles. The molecule has 2 N–H and O–H groups in total. The van der Waals surface area contributed by atoms with E-state index in [1.165, 1.54) is 40.7 Å². The third-order valence-electron chi connectivity index (χ3n) is 6.07. The van der Waals surface area contributed by atoms with Crippen molar-refractivity contribution in [3.05, 3.63) is 89.5 Å². The second kappa shape index (κ2) is 17.0. The summed E-state index contributed by atoms with van der Waals surface area (Å²) in [6.45, 7) is 5.76. The topological polar surface area (TPSA) is 130 Å². The first kappa shape index (κ1) is 38.4. The zero-order chi connectivity index (χ0) is 28.7. The van der Waals surface area contributed by atoms with Crippen LogP contribution in [-0.2, 0) is 30.1 Å². The van der Waals surface area contributed by atoms with Crippen LogP contribution in [0.2, 0.25) is 0 Å². The molecule has 0 aliphatic rings. The Bertz CT molecular complexity index is 1480. The Balaban J connectivity index is 0.00000420. The van der Waals surface area contributed by atoms with Gasteiger partial charge in [0.05, 0.1) is 14.7 Å². The Morgan fingerprint density at radius 2 is 0.805 bits per heavy atom. The van der Waals surface area contributed by atoms with Gasteiger partial charge in [-0.2, -0.15) is 4.31 Å². The number of aryl methyl sites for hydroxylation is 3. The van der Waals surface area contributed by atoms with E-state index in [9.17, 15) is 25.3 Å². The monoisotopic (exact) mass is 641 g/mol. The molecule has 3 aromatic rings. The number of nitrogens with zero attached hydrogens (tertiary/aromatic N) is 1. The molecular weight excluding hydrogens is 604 g/mol. The first-order chi connectivity index (χ1) is 18.3. The Kier molecular flexibility index (Phi) is 16.0. The number of rotatable bonds is 14. The molecule has 0 bridgehead atoms. The summed E-state index contributed by atoms with van der Waals surface area (Å²) in [6.07, 6.45) is 0.455. The van der Waals surface area contributed by atoms with Crippen molar-refractivity contribution in [1.29, 1.82) is 0 Å². The number of nitrogens with one attached hydrogen (secondary N) is 2. The average molecular weight is 642 g/mol. The van der Waals surface area contributed by atoms with Crippen LogP contribution < -0.4 is 9.44 Å². The Labute approximate surface area is 289 Å². The molecule has 14 heteroatoms. The number of hydrogen-bond donors (Lipinski definition) is 2. The molecule has 0 aromatic heterocycles. The third kappa shape index (κ3) is 11.4. The van der Waals surface area contributed by atoms with Gasteiger partial charge in [-0.15, -0.1) is 0 Å². The molecule has 0 atom stereocenters. The van der Waals surface area contributed by atoms with E-state index in [0.29, 0.717) is 0 Å². The molecule has 3 aromatic carbocycles. The van der Waals surface area contributed by atoms with Gasteiger partial charge in [0.15, 0.2) is 0 Å². The van der Waals surface area contributed by atoms with Gasteiger partial charge in [-0.1, -0.05) is 53.1 Å². The minimum absolute atomic E-state index is 0. The third-order valence-corrected chi connectivity index (χ3v) is 10.9. The van der Waals surface area contributed by atoms with E-state index in [-0.39, 0.29) is 113 Å². The van der Waals surface area contributed by atoms with Crippen molar-refractivity contribution in [3.63, 3.8) is 0 Å². The predicted octanol–water partition coefficient (Wildman–Crippen LogP) is 2.04. The first-order valence-corrected chi connectivity index (χ1v) is 16.9. The van der Waals surface area contributed by atoms with Crippen LogP contribution in [0.1, 0.15) is 29.5 Å². The van der Waals surface area contributed by atoms with Crippen LogP contribution in [0.5, 0.6) is 0 Å². The second-order valence-electron chi connectivity index (χ2n) is 9.35. The maximum absolute atomic E-state index is 13.4. The molecule has 41 heavy (non-hydrogen) atoms. The second-order valence-corrected chi connectivity index (χ2v) is 14.8. The van der Waals surface area contributed by atoms with E-state index in [1.807, 2.05) is 20.8 Å². The Hall–Kier alpha value is -0.610. The normalized spacial score (nSPS) is 12.0. The number of sulfonamides is 3. The predicted molar refractivity (Wildman–Crippen MR) is 166 cm³/mol. The summed E-state index contributed by atoms with van der Waals surface area (Å²) >= 11 is 0. The molecule has 0 fully saturated rings. The van der Waals surface area contributed by atoms with Crippen molar-refractivity contribution in [3.8, 4) is 0 Å². The summed E-state index contributed by atoms with van der Waals surface area (Å²) in [6, 6.07) is 19.4. The van der Waals surface area contributed by atoms with E-state index >= 15 is 0 Å². The fraction of sp³-hybridized carbons (Fsp3) is 0.333. The molecule has 0 aliphatic heterocycles. The molecule has 9 nitrogen and oxygen atoms in total. The molecule has 216 valence electrons. The van der Waals surface area contributed by atoms with Gasteiger partial charge in [0.1, 0.15) is 0 Å². The summed E-state index contributed by atoms with van der Waals surface area (Å²) in [7, 11) is -11.3. The molecule has 0 radical (unpaired) electrons. The van der Waals surface area contributed by atoms with Crippen LogP contribution in [0.25, 0.3) is 0 Å². The van der Waals surface area contributed by atoms with Gasteiger partial charge in [-0.05, 0) is 70.0 Å². The van der Waals surface area contributed by atoms with Gasteiger partial charge in [0, 0.05) is 26.2 Å². The summed E-state index contributed by atoms with van der Waals surface area (Å²) in [4.78, 5) is 0.393. The fourth-order valence-corrected chi connectivity index (χ4v) is 7.40. The molecule has 3 rings (SSSR count). The standard InChI is InChI=1S/C27H35N3O6S3.2Na.2H/c1-22-6-12-25(13-7-22)37(31,32)28-18-4-20-30(39(35,36)27-16-10-24(3)11-17-27)21-5-19-29-38(33,34)26-14-8-23(2)9-15-26;;;;/h6-17,28-29H,4-5,18-21H2,1-3H3;;;;. The van der Waals surface area contributed by atoms with Gasteiger partial charge in [-0.25, -0.2) is 34.7 Å². The van der Waals surface area contributed by atoms with Crippen molar-refractivity contribution in [2.24, 2.45) is 0 Å². The van der Waals surface area contributed by atoms with E-state index in [2.05, 4.69) is 9.44 Å². The van der Waals surface area contributed by atoms with Crippen molar-refractivity contribution < 1.29 is 25.3 Å². The van der Waals surface area contributed by atoms with Crippen LogP contribution in [-0.4, -0.2) is 115 Å². The summed E-state index contributed by atoms with van der Waals surface area (Å²) in [5, 5.41) is 0. The Morgan fingerprint density at radius 3 is 1.12 bits per heavy atom.